The van der Waals surface area contributed by atoms with E-state index in [0.717, 1.165) is 22.3 Å². The lowest BCUT2D eigenvalue weighted by molar-refractivity contribution is -0.142. The van der Waals surface area contributed by atoms with Crippen molar-refractivity contribution in [2.75, 3.05) is 33.0 Å². The zero-order valence-corrected chi connectivity index (χ0v) is 18.2. The topological polar surface area (TPSA) is 134 Å². The zero-order chi connectivity index (χ0) is 23.6. The molecule has 0 bridgehead atoms. The highest BCUT2D eigenvalue weighted by Gasteiger charge is 2.28. The fraction of sp³-hybridized carbons (Fsp3) is 0.375. The van der Waals surface area contributed by atoms with Crippen molar-refractivity contribution >= 4 is 18.0 Å². The number of hydrogen-bond acceptors (Lipinski definition) is 6. The number of carbonyl (C=O) groups excluding carboxylic acids is 2. The minimum absolute atomic E-state index is 0.0154. The monoisotopic (exact) mass is 456 g/mol. The van der Waals surface area contributed by atoms with Crippen molar-refractivity contribution in [1.82, 2.24) is 10.6 Å². The number of fused-ring (bicyclic) bond motifs is 3. The third-order valence-corrected chi connectivity index (χ3v) is 5.38. The van der Waals surface area contributed by atoms with Crippen LogP contribution in [-0.4, -0.2) is 67.2 Å². The maximum Gasteiger partial charge on any atom is 0.407 e. The van der Waals surface area contributed by atoms with Crippen LogP contribution < -0.4 is 10.6 Å². The molecular formula is C24H28N2O7. The Kier molecular flexibility index (Phi) is 8.79. The summed E-state index contributed by atoms with van der Waals surface area (Å²) < 4.78 is 10.7. The molecule has 1 aliphatic rings. The Morgan fingerprint density at radius 2 is 1.61 bits per heavy atom. The number of carboxylic acids is 1. The Labute approximate surface area is 191 Å². The Bertz CT molecular complexity index is 933. The van der Waals surface area contributed by atoms with E-state index >= 15 is 0 Å². The molecule has 9 nitrogen and oxygen atoms in total. The number of rotatable bonds is 12. The second-order valence-corrected chi connectivity index (χ2v) is 7.59. The molecule has 0 unspecified atom stereocenters. The Hall–Kier alpha value is -3.43. The summed E-state index contributed by atoms with van der Waals surface area (Å²) in [6.07, 6.45) is -0.641. The molecule has 33 heavy (non-hydrogen) atoms. The molecule has 0 spiro atoms. The van der Waals surface area contributed by atoms with Crippen LogP contribution in [0, 0.1) is 0 Å². The maximum absolute atomic E-state index is 12.1. The van der Waals surface area contributed by atoms with Gasteiger partial charge < -0.3 is 30.3 Å². The van der Waals surface area contributed by atoms with Gasteiger partial charge in [-0.1, -0.05) is 48.5 Å². The van der Waals surface area contributed by atoms with Crippen LogP contribution in [0.25, 0.3) is 11.1 Å². The molecule has 9 heteroatoms. The van der Waals surface area contributed by atoms with Gasteiger partial charge in [-0.05, 0) is 22.3 Å². The van der Waals surface area contributed by atoms with E-state index in [1.54, 1.807) is 0 Å². The number of carboxylic acid groups (broad SMARTS) is 1. The van der Waals surface area contributed by atoms with Gasteiger partial charge in [0.1, 0.15) is 12.6 Å². The normalized spacial score (nSPS) is 13.0. The highest BCUT2D eigenvalue weighted by Crippen LogP contribution is 2.44. The summed E-state index contributed by atoms with van der Waals surface area (Å²) >= 11 is 0. The van der Waals surface area contributed by atoms with Crippen molar-refractivity contribution in [2.24, 2.45) is 0 Å². The number of aliphatic hydroxyl groups is 1. The van der Waals surface area contributed by atoms with Crippen molar-refractivity contribution in [3.63, 3.8) is 0 Å². The number of aliphatic carboxylic acids is 1. The van der Waals surface area contributed by atoms with Crippen LogP contribution in [0.3, 0.4) is 0 Å². The summed E-state index contributed by atoms with van der Waals surface area (Å²) in [5.41, 5.74) is 4.59. The van der Waals surface area contributed by atoms with Gasteiger partial charge in [0.05, 0.1) is 13.2 Å². The molecule has 2 amide bonds. The standard InChI is InChI=1S/C24H28N2O7/c27-12-9-21(23(29)30)26-22(28)10-13-32-14-11-25-24(31)33-15-20-18-7-3-1-5-16(18)17-6-2-4-8-19(17)20/h1-8,20-21,27H,9-15H2,(H,25,31)(H,26,28)(H,29,30)/t21-/m1/s1. The molecule has 0 radical (unpaired) electrons. The third-order valence-electron chi connectivity index (χ3n) is 5.38. The van der Waals surface area contributed by atoms with Crippen molar-refractivity contribution < 1.29 is 34.1 Å². The Morgan fingerprint density at radius 3 is 2.21 bits per heavy atom. The van der Waals surface area contributed by atoms with Gasteiger partial charge in [0.2, 0.25) is 5.91 Å². The first kappa shape index (κ1) is 24.2. The van der Waals surface area contributed by atoms with Gasteiger partial charge in [-0.3, -0.25) is 4.79 Å². The average Bonchev–Trinajstić information content (AvgIpc) is 3.13. The van der Waals surface area contributed by atoms with Gasteiger partial charge in [0.25, 0.3) is 0 Å². The van der Waals surface area contributed by atoms with E-state index in [9.17, 15) is 14.4 Å². The molecule has 2 aromatic rings. The van der Waals surface area contributed by atoms with Crippen molar-refractivity contribution in [2.45, 2.75) is 24.8 Å². The number of aliphatic hydroxyl groups excluding tert-OH is 1. The highest BCUT2D eigenvalue weighted by atomic mass is 16.5. The predicted octanol–water partition coefficient (Wildman–Crippen LogP) is 1.88. The van der Waals surface area contributed by atoms with Gasteiger partial charge in [-0.2, -0.15) is 0 Å². The van der Waals surface area contributed by atoms with Crippen LogP contribution in [0.15, 0.2) is 48.5 Å². The van der Waals surface area contributed by atoms with E-state index in [1.165, 1.54) is 0 Å². The molecule has 4 N–H and O–H groups in total. The summed E-state index contributed by atoms with van der Waals surface area (Å²) in [7, 11) is 0. The fourth-order valence-corrected chi connectivity index (χ4v) is 3.79. The largest absolute Gasteiger partial charge is 0.480 e. The lowest BCUT2D eigenvalue weighted by Crippen LogP contribution is -2.41. The van der Waals surface area contributed by atoms with Crippen LogP contribution in [-0.2, 0) is 19.1 Å². The molecule has 0 saturated carbocycles. The van der Waals surface area contributed by atoms with Crippen LogP contribution >= 0.6 is 0 Å². The molecule has 1 aliphatic carbocycles. The SMILES string of the molecule is O=C(CCOCCNC(=O)OCC1c2ccccc2-c2ccccc21)N[C@H](CCO)C(=O)O. The smallest absolute Gasteiger partial charge is 0.407 e. The lowest BCUT2D eigenvalue weighted by atomic mass is 9.98. The van der Waals surface area contributed by atoms with Crippen LogP contribution in [0.2, 0.25) is 0 Å². The number of benzene rings is 2. The molecule has 2 aromatic carbocycles. The van der Waals surface area contributed by atoms with Crippen LogP contribution in [0.1, 0.15) is 29.9 Å². The van der Waals surface area contributed by atoms with Gasteiger partial charge >= 0.3 is 12.1 Å². The Morgan fingerprint density at radius 1 is 0.970 bits per heavy atom. The first-order valence-electron chi connectivity index (χ1n) is 10.8. The number of nitrogens with one attached hydrogen (secondary N) is 2. The second-order valence-electron chi connectivity index (χ2n) is 7.59. The summed E-state index contributed by atoms with van der Waals surface area (Å²) in [6.45, 7) is 0.343. The molecule has 3 rings (SSSR count). The Balaban J connectivity index is 1.33. The van der Waals surface area contributed by atoms with Crippen molar-refractivity contribution in [1.29, 1.82) is 0 Å². The molecule has 0 aliphatic heterocycles. The van der Waals surface area contributed by atoms with E-state index in [0.29, 0.717) is 0 Å². The molecular weight excluding hydrogens is 428 g/mol. The summed E-state index contributed by atoms with van der Waals surface area (Å²) in [5.74, 6) is -1.70. The van der Waals surface area contributed by atoms with E-state index in [2.05, 4.69) is 22.8 Å². The van der Waals surface area contributed by atoms with E-state index in [-0.39, 0.29) is 51.7 Å². The van der Waals surface area contributed by atoms with Crippen molar-refractivity contribution in [3.05, 3.63) is 59.7 Å². The zero-order valence-electron chi connectivity index (χ0n) is 18.2. The summed E-state index contributed by atoms with van der Waals surface area (Å²) in [5, 5.41) is 22.7. The molecule has 176 valence electrons. The molecule has 0 saturated heterocycles. The quantitative estimate of drug-likeness (QED) is 0.358. The highest BCUT2D eigenvalue weighted by molar-refractivity contribution is 5.83. The van der Waals surface area contributed by atoms with Gasteiger partial charge in [-0.15, -0.1) is 0 Å². The molecule has 0 aromatic heterocycles. The number of amides is 2. The first-order valence-corrected chi connectivity index (χ1v) is 10.8. The molecule has 0 fully saturated rings. The van der Waals surface area contributed by atoms with Gasteiger partial charge in [0.15, 0.2) is 0 Å². The minimum Gasteiger partial charge on any atom is -0.480 e. The number of hydrogen-bond donors (Lipinski definition) is 4. The minimum atomic E-state index is -1.20. The van der Waals surface area contributed by atoms with Crippen molar-refractivity contribution in [3.8, 4) is 11.1 Å². The fourth-order valence-electron chi connectivity index (χ4n) is 3.79. The second kappa shape index (κ2) is 12.0. The van der Waals surface area contributed by atoms with E-state index < -0.39 is 24.0 Å². The number of ether oxygens (including phenoxy) is 2. The number of alkyl carbamates (subject to hydrolysis) is 1. The van der Waals surface area contributed by atoms with E-state index in [1.807, 2.05) is 36.4 Å². The first-order chi connectivity index (χ1) is 16.0. The molecule has 1 atom stereocenters. The van der Waals surface area contributed by atoms with Gasteiger partial charge in [-0.25, -0.2) is 9.59 Å². The van der Waals surface area contributed by atoms with Crippen LogP contribution in [0.4, 0.5) is 4.79 Å². The van der Waals surface area contributed by atoms with Gasteiger partial charge in [0, 0.05) is 31.9 Å². The summed E-state index contributed by atoms with van der Waals surface area (Å²) in [4.78, 5) is 34.8. The maximum atomic E-state index is 12.1. The molecule has 0 heterocycles. The lowest BCUT2D eigenvalue weighted by Gasteiger charge is -2.15. The van der Waals surface area contributed by atoms with E-state index in [4.69, 9.17) is 19.7 Å². The summed E-state index contributed by atoms with van der Waals surface area (Å²) in [6, 6.07) is 15.1. The third kappa shape index (κ3) is 6.53. The van der Waals surface area contributed by atoms with Crippen LogP contribution in [0.5, 0.6) is 0 Å². The predicted molar refractivity (Wildman–Crippen MR) is 120 cm³/mol. The average molecular weight is 456 g/mol. The number of carbonyl (C=O) groups is 3.